The highest BCUT2D eigenvalue weighted by Crippen LogP contribution is 2.41. The minimum Gasteiger partial charge on any atom is -0.465 e. The summed E-state index contributed by atoms with van der Waals surface area (Å²) in [4.78, 5) is 32.9. The minimum atomic E-state index is -3.75. The zero-order chi connectivity index (χ0) is 30.2. The van der Waals surface area contributed by atoms with E-state index in [9.17, 15) is 19.3 Å². The molecule has 0 aromatic carbocycles. The molecule has 1 fully saturated rings. The van der Waals surface area contributed by atoms with E-state index >= 15 is 0 Å². The second-order valence-corrected chi connectivity index (χ2v) is 11.9. The number of aliphatic hydroxyl groups excluding tert-OH is 1. The number of aromatic nitrogens is 5. The number of nitrogen functional groups attached to an aromatic ring is 2. The van der Waals surface area contributed by atoms with Crippen molar-refractivity contribution in [2.24, 2.45) is 0 Å². The van der Waals surface area contributed by atoms with Gasteiger partial charge in [0.2, 0.25) is 13.4 Å². The van der Waals surface area contributed by atoms with Crippen LogP contribution in [0.3, 0.4) is 0 Å². The maximum absolute atomic E-state index is 14.0. The summed E-state index contributed by atoms with van der Waals surface area (Å²) >= 11 is 0. The molecule has 0 radical (unpaired) electrons. The van der Waals surface area contributed by atoms with Gasteiger partial charge in [0.15, 0.2) is 23.2 Å². The maximum Gasteiger partial charge on any atom is 0.323 e. The number of hydrogen-bond donors (Lipinski definition) is 5. The maximum atomic E-state index is 14.0. The van der Waals surface area contributed by atoms with Gasteiger partial charge in [-0.05, 0) is 32.8 Å². The Labute approximate surface area is 238 Å². The second-order valence-electron chi connectivity index (χ2n) is 9.78. The summed E-state index contributed by atoms with van der Waals surface area (Å²) < 4.78 is 31.7. The number of esters is 2. The minimum absolute atomic E-state index is 0.0328. The van der Waals surface area contributed by atoms with E-state index in [4.69, 9.17) is 25.7 Å². The van der Waals surface area contributed by atoms with Crippen LogP contribution in [0.1, 0.15) is 66.0 Å². The lowest BCUT2D eigenvalue weighted by Gasteiger charge is -2.24. The lowest BCUT2D eigenvalue weighted by molar-refractivity contribution is -0.145. The summed E-state index contributed by atoms with van der Waals surface area (Å²) in [5.74, 6) is 0.0721. The zero-order valence-electron chi connectivity index (χ0n) is 23.7. The van der Waals surface area contributed by atoms with Crippen molar-refractivity contribution in [3.8, 4) is 0 Å². The number of ether oxygens (including phenoxy) is 3. The van der Waals surface area contributed by atoms with Gasteiger partial charge in [0, 0.05) is 12.2 Å². The number of nitrogens with zero attached hydrogens (tertiary/aromatic N) is 5. The van der Waals surface area contributed by atoms with Crippen LogP contribution in [0.5, 0.6) is 0 Å². The van der Waals surface area contributed by atoms with Crippen molar-refractivity contribution in [2.75, 3.05) is 24.7 Å². The van der Waals surface area contributed by atoms with Gasteiger partial charge in [-0.3, -0.25) is 14.2 Å². The average molecular weight is 598 g/mol. The molecule has 1 aliphatic rings. The van der Waals surface area contributed by atoms with E-state index in [1.165, 1.54) is 30.4 Å². The number of nitrogens with two attached hydrogens (primary N) is 2. The second kappa shape index (κ2) is 14.6. The molecule has 41 heavy (non-hydrogen) atoms. The van der Waals surface area contributed by atoms with Crippen molar-refractivity contribution in [1.82, 2.24) is 35.1 Å². The number of carbonyl (C=O) groups is 2. The molecule has 3 heterocycles. The molecule has 228 valence electrons. The van der Waals surface area contributed by atoms with Crippen molar-refractivity contribution >= 4 is 42.3 Å². The lowest BCUT2D eigenvalue weighted by atomic mass is 10.2. The summed E-state index contributed by atoms with van der Waals surface area (Å²) in [6.45, 7) is 7.45. The molecule has 1 saturated heterocycles. The van der Waals surface area contributed by atoms with Crippen LogP contribution in [0.25, 0.3) is 11.2 Å². The Kier molecular flexibility index (Phi) is 11.5. The Bertz CT molecular complexity index is 1240. The summed E-state index contributed by atoms with van der Waals surface area (Å²) in [6.07, 6.45) is 1.93. The van der Waals surface area contributed by atoms with E-state index in [1.807, 2.05) is 13.8 Å². The molecule has 17 heteroatoms. The fourth-order valence-electron chi connectivity index (χ4n) is 3.97. The first-order valence-electron chi connectivity index (χ1n) is 13.6. The van der Waals surface area contributed by atoms with Crippen molar-refractivity contribution in [2.45, 2.75) is 90.3 Å². The van der Waals surface area contributed by atoms with Crippen LogP contribution in [0.4, 0.5) is 11.8 Å². The lowest BCUT2D eigenvalue weighted by Crippen LogP contribution is -2.41. The van der Waals surface area contributed by atoms with Crippen LogP contribution in [0.2, 0.25) is 0 Å². The predicted octanol–water partition coefficient (Wildman–Crippen LogP) is 1.38. The van der Waals surface area contributed by atoms with Crippen LogP contribution < -0.4 is 21.6 Å². The molecule has 2 aromatic heterocycles. The first-order chi connectivity index (χ1) is 19.5. The van der Waals surface area contributed by atoms with E-state index in [0.717, 1.165) is 12.8 Å². The molecule has 3 rings (SSSR count). The number of unbranched alkanes of at least 4 members (excludes halogenated alkanes) is 2. The number of anilines is 2. The third kappa shape index (κ3) is 8.66. The van der Waals surface area contributed by atoms with Crippen LogP contribution in [-0.2, 0) is 28.4 Å². The Morgan fingerprint density at radius 2 is 1.71 bits per heavy atom. The van der Waals surface area contributed by atoms with Crippen LogP contribution in [0.15, 0.2) is 11.9 Å². The Hall–Kier alpha value is -3.17. The van der Waals surface area contributed by atoms with Crippen molar-refractivity contribution < 1.29 is 33.5 Å². The quantitative estimate of drug-likeness (QED) is 0.111. The number of carbonyl (C=O) groups excluding carboxylic acids is 2. The Morgan fingerprint density at radius 3 is 2.27 bits per heavy atom. The standard InChI is InChI=1S/C24H40N9O7P/c1-5-7-10-38-22(35)14(3)30-41(37,31-15(4)23(36)39-11-8-6-2)12-9-16-13-17(34)21(40-16)33-20-18(29-32-33)19(25)27-24(26)28-20/h9,12,14-17,21,34H,5-8,10-11,13H2,1-4H3,(H2,30,31,37)(H4,25,26,27,28)/b12-9+/t14-,15-,16+,17+,21+/m0/s1. The third-order valence-electron chi connectivity index (χ3n) is 6.20. The Balaban J connectivity index is 1.77. The van der Waals surface area contributed by atoms with Gasteiger partial charge in [-0.15, -0.1) is 5.10 Å². The number of nitrogens with one attached hydrogen (secondary N) is 2. The molecule has 0 aliphatic carbocycles. The molecule has 0 amide bonds. The molecule has 1 aliphatic heterocycles. The summed E-state index contributed by atoms with van der Waals surface area (Å²) in [7, 11) is -3.75. The number of fused-ring (bicyclic) bond motifs is 1. The van der Waals surface area contributed by atoms with E-state index in [-0.39, 0.29) is 42.6 Å². The summed E-state index contributed by atoms with van der Waals surface area (Å²) in [5, 5.41) is 24.2. The molecular weight excluding hydrogens is 557 g/mol. The topological polar surface area (TPSA) is 232 Å². The molecule has 16 nitrogen and oxygen atoms in total. The fourth-order valence-corrected chi connectivity index (χ4v) is 6.01. The molecule has 5 atom stereocenters. The molecule has 0 spiro atoms. The first-order valence-corrected chi connectivity index (χ1v) is 15.4. The van der Waals surface area contributed by atoms with E-state index in [1.54, 1.807) is 0 Å². The average Bonchev–Trinajstić information content (AvgIpc) is 3.50. The molecule has 0 saturated carbocycles. The smallest absolute Gasteiger partial charge is 0.323 e. The number of rotatable bonds is 15. The first kappa shape index (κ1) is 32.3. The van der Waals surface area contributed by atoms with Gasteiger partial charge < -0.3 is 30.8 Å². The number of aliphatic hydroxyl groups is 1. The monoisotopic (exact) mass is 597 g/mol. The SMILES string of the molecule is CCCCOC(=O)[C@H](C)NP(=O)(/C=C/[C@@H]1C[C@@H](O)[C@H](n2nnc3c(N)nc(N)nc32)O1)N[C@@H](C)C(=O)OCCCC. The summed E-state index contributed by atoms with van der Waals surface area (Å²) in [6, 6.07) is -1.92. The highest BCUT2D eigenvalue weighted by Gasteiger charge is 2.37. The van der Waals surface area contributed by atoms with Gasteiger partial charge in [-0.1, -0.05) is 31.9 Å². The van der Waals surface area contributed by atoms with E-state index in [2.05, 4.69) is 30.5 Å². The summed E-state index contributed by atoms with van der Waals surface area (Å²) in [5.41, 5.74) is 11.9. The van der Waals surface area contributed by atoms with Crippen molar-refractivity contribution in [3.63, 3.8) is 0 Å². The van der Waals surface area contributed by atoms with Gasteiger partial charge in [0.25, 0.3) is 0 Å². The van der Waals surface area contributed by atoms with Gasteiger partial charge in [-0.25, -0.2) is 10.2 Å². The Morgan fingerprint density at radius 1 is 1.12 bits per heavy atom. The fraction of sp³-hybridized carbons (Fsp3) is 0.667. The van der Waals surface area contributed by atoms with Crippen LogP contribution in [-0.4, -0.2) is 79.5 Å². The van der Waals surface area contributed by atoms with E-state index in [0.29, 0.717) is 12.8 Å². The molecule has 2 aromatic rings. The van der Waals surface area contributed by atoms with E-state index < -0.39 is 49.9 Å². The van der Waals surface area contributed by atoms with Crippen molar-refractivity contribution in [3.05, 3.63) is 11.9 Å². The van der Waals surface area contributed by atoms with Gasteiger partial charge >= 0.3 is 11.9 Å². The largest absolute Gasteiger partial charge is 0.465 e. The molecule has 7 N–H and O–H groups in total. The van der Waals surface area contributed by atoms with Gasteiger partial charge in [0.05, 0.1) is 19.3 Å². The van der Waals surface area contributed by atoms with Gasteiger partial charge in [0.1, 0.15) is 18.2 Å². The van der Waals surface area contributed by atoms with Crippen LogP contribution >= 0.6 is 7.44 Å². The van der Waals surface area contributed by atoms with Crippen LogP contribution in [0, 0.1) is 0 Å². The van der Waals surface area contributed by atoms with Crippen molar-refractivity contribution in [1.29, 1.82) is 0 Å². The highest BCUT2D eigenvalue weighted by atomic mass is 31.2. The molecule has 0 bridgehead atoms. The van der Waals surface area contributed by atoms with Gasteiger partial charge in [-0.2, -0.15) is 14.6 Å². The highest BCUT2D eigenvalue weighted by molar-refractivity contribution is 7.63. The normalized spacial score (nSPS) is 20.9. The molecule has 0 unspecified atom stereocenters. The third-order valence-corrected chi connectivity index (χ3v) is 8.33. The number of hydrogen-bond acceptors (Lipinski definition) is 13. The zero-order valence-corrected chi connectivity index (χ0v) is 24.6. The molecular formula is C24H40N9O7P. The predicted molar refractivity (Wildman–Crippen MR) is 150 cm³/mol.